The number of ether oxygens (including phenoxy) is 2. The molecule has 150 valence electrons. The molecule has 1 aromatic heterocycles. The Morgan fingerprint density at radius 1 is 1.18 bits per heavy atom. The van der Waals surface area contributed by atoms with Crippen LogP contribution in [0.5, 0.6) is 11.5 Å². The Kier molecular flexibility index (Phi) is 5.11. The molecule has 3 aromatic rings. The molecule has 0 fully saturated rings. The molecule has 0 atom stereocenters. The molecular weight excluding hydrogens is 401 g/mol. The first kappa shape index (κ1) is 19.8. The number of halogens is 3. The molecular formula is C17H15F3N2O5S. The molecule has 0 spiro atoms. The van der Waals surface area contributed by atoms with E-state index in [4.69, 9.17) is 9.26 Å². The van der Waals surface area contributed by atoms with Crippen LogP contribution < -0.4 is 14.2 Å². The number of rotatable bonds is 6. The van der Waals surface area contributed by atoms with Crippen molar-refractivity contribution in [1.29, 1.82) is 0 Å². The monoisotopic (exact) mass is 416 g/mol. The third kappa shape index (κ3) is 3.98. The van der Waals surface area contributed by atoms with E-state index in [0.29, 0.717) is 23.1 Å². The highest BCUT2D eigenvalue weighted by molar-refractivity contribution is 7.92. The normalized spacial score (nSPS) is 12.2. The van der Waals surface area contributed by atoms with Crippen LogP contribution in [-0.2, 0) is 16.4 Å². The first-order chi connectivity index (χ1) is 13.1. The maximum atomic E-state index is 12.8. The van der Waals surface area contributed by atoms with E-state index in [9.17, 15) is 21.6 Å². The molecule has 0 bridgehead atoms. The van der Waals surface area contributed by atoms with E-state index in [1.807, 2.05) is 6.92 Å². The molecule has 0 aliphatic rings. The van der Waals surface area contributed by atoms with Crippen LogP contribution in [0.4, 0.5) is 18.9 Å². The van der Waals surface area contributed by atoms with Crippen LogP contribution in [0.25, 0.3) is 11.0 Å². The fourth-order valence-electron chi connectivity index (χ4n) is 2.60. The van der Waals surface area contributed by atoms with Gasteiger partial charge < -0.3 is 14.0 Å². The number of fused-ring (bicyclic) bond motifs is 1. The fraction of sp³-hybridized carbons (Fsp3) is 0.235. The highest BCUT2D eigenvalue weighted by Crippen LogP contribution is 2.35. The van der Waals surface area contributed by atoms with Gasteiger partial charge in [0.1, 0.15) is 16.4 Å². The second-order valence-corrected chi connectivity index (χ2v) is 7.28. The van der Waals surface area contributed by atoms with Gasteiger partial charge in [0.05, 0.1) is 18.5 Å². The number of anilines is 1. The first-order valence-corrected chi connectivity index (χ1v) is 9.47. The molecule has 0 unspecified atom stereocenters. The van der Waals surface area contributed by atoms with Crippen molar-refractivity contribution in [1.82, 2.24) is 5.16 Å². The molecule has 0 saturated carbocycles. The molecule has 11 heteroatoms. The highest BCUT2D eigenvalue weighted by atomic mass is 32.2. The number of para-hydroxylation sites is 1. The summed E-state index contributed by atoms with van der Waals surface area (Å²) in [5, 5.41) is 4.44. The van der Waals surface area contributed by atoms with Crippen LogP contribution in [0.3, 0.4) is 0 Å². The lowest BCUT2D eigenvalue weighted by molar-refractivity contribution is -0.275. The molecule has 1 heterocycles. The molecule has 0 aliphatic carbocycles. The minimum absolute atomic E-state index is 0.0229. The Balaban J connectivity index is 2.06. The second kappa shape index (κ2) is 7.23. The van der Waals surface area contributed by atoms with Crippen LogP contribution in [0.15, 0.2) is 45.8 Å². The predicted octanol–water partition coefficient (Wildman–Crippen LogP) is 4.10. The molecule has 28 heavy (non-hydrogen) atoms. The Morgan fingerprint density at radius 2 is 1.89 bits per heavy atom. The van der Waals surface area contributed by atoms with E-state index >= 15 is 0 Å². The lowest BCUT2D eigenvalue weighted by atomic mass is 10.1. The average molecular weight is 416 g/mol. The summed E-state index contributed by atoms with van der Waals surface area (Å²) >= 11 is 0. The van der Waals surface area contributed by atoms with Crippen LogP contribution in [0, 0.1) is 0 Å². The third-order valence-electron chi connectivity index (χ3n) is 3.81. The van der Waals surface area contributed by atoms with Crippen molar-refractivity contribution < 1.29 is 35.6 Å². The van der Waals surface area contributed by atoms with Crippen LogP contribution in [-0.4, -0.2) is 27.0 Å². The summed E-state index contributed by atoms with van der Waals surface area (Å²) in [5.74, 6) is -0.731. The number of aryl methyl sites for hydroxylation is 1. The van der Waals surface area contributed by atoms with Gasteiger partial charge in [-0.3, -0.25) is 4.72 Å². The summed E-state index contributed by atoms with van der Waals surface area (Å²) in [6.07, 6.45) is -4.51. The minimum Gasteiger partial charge on any atom is -0.494 e. The number of hydrogen-bond acceptors (Lipinski definition) is 6. The maximum absolute atomic E-state index is 12.8. The number of nitrogens with one attached hydrogen (secondary N) is 1. The number of benzene rings is 2. The van der Waals surface area contributed by atoms with Gasteiger partial charge in [-0.1, -0.05) is 24.2 Å². The summed E-state index contributed by atoms with van der Waals surface area (Å²) in [6, 6.07) is 7.33. The largest absolute Gasteiger partial charge is 0.573 e. The zero-order valence-corrected chi connectivity index (χ0v) is 15.5. The molecule has 3 rings (SSSR count). The fourth-order valence-corrected chi connectivity index (χ4v) is 3.79. The first-order valence-electron chi connectivity index (χ1n) is 7.98. The molecule has 0 radical (unpaired) electrons. The van der Waals surface area contributed by atoms with Crippen molar-refractivity contribution in [3.05, 3.63) is 42.1 Å². The molecule has 2 aromatic carbocycles. The van der Waals surface area contributed by atoms with Gasteiger partial charge in [0, 0.05) is 11.5 Å². The van der Waals surface area contributed by atoms with E-state index in [1.54, 1.807) is 0 Å². The molecule has 0 aliphatic heterocycles. The summed E-state index contributed by atoms with van der Waals surface area (Å²) < 4.78 is 79.7. The van der Waals surface area contributed by atoms with E-state index in [-0.39, 0.29) is 11.4 Å². The smallest absolute Gasteiger partial charge is 0.494 e. The van der Waals surface area contributed by atoms with Crippen molar-refractivity contribution in [2.24, 2.45) is 0 Å². The van der Waals surface area contributed by atoms with Gasteiger partial charge in [0.2, 0.25) is 0 Å². The van der Waals surface area contributed by atoms with Gasteiger partial charge in [0.25, 0.3) is 10.0 Å². The number of nitrogens with zero attached hydrogens (tertiary/aromatic N) is 1. The van der Waals surface area contributed by atoms with Crippen LogP contribution in [0.1, 0.15) is 12.6 Å². The van der Waals surface area contributed by atoms with Crippen molar-refractivity contribution in [2.75, 3.05) is 11.8 Å². The molecule has 7 nitrogen and oxygen atoms in total. The van der Waals surface area contributed by atoms with Crippen molar-refractivity contribution >= 4 is 26.7 Å². The van der Waals surface area contributed by atoms with Gasteiger partial charge in [-0.25, -0.2) is 8.42 Å². The molecule has 0 saturated heterocycles. The van der Waals surface area contributed by atoms with Gasteiger partial charge in [-0.05, 0) is 24.6 Å². The Bertz CT molecular complexity index is 1110. The van der Waals surface area contributed by atoms with Gasteiger partial charge in [-0.2, -0.15) is 0 Å². The quantitative estimate of drug-likeness (QED) is 0.651. The number of methoxy groups -OCH3 is 1. The zero-order valence-electron chi connectivity index (χ0n) is 14.7. The lowest BCUT2D eigenvalue weighted by Crippen LogP contribution is -2.21. The molecule has 0 amide bonds. The van der Waals surface area contributed by atoms with E-state index < -0.39 is 27.0 Å². The van der Waals surface area contributed by atoms with Gasteiger partial charge in [-0.15, -0.1) is 13.2 Å². The number of hydrogen-bond donors (Lipinski definition) is 1. The third-order valence-corrected chi connectivity index (χ3v) is 5.22. The standard InChI is InChI=1S/C17H15F3N2O5S/c1-3-11-10-8-12(15(25-2)9-14(10)27-21-11)22-28(23,24)16-7-5-4-6-13(16)26-17(18,19)20/h4-9,22H,3H2,1-2H3. The summed E-state index contributed by atoms with van der Waals surface area (Å²) in [7, 11) is -3.11. The summed E-state index contributed by atoms with van der Waals surface area (Å²) in [6.45, 7) is 1.84. The number of alkyl halides is 3. The van der Waals surface area contributed by atoms with E-state index in [2.05, 4.69) is 14.6 Å². The number of sulfonamides is 1. The summed E-state index contributed by atoms with van der Waals surface area (Å²) in [5.41, 5.74) is 1.01. The Hall–Kier alpha value is -2.95. The summed E-state index contributed by atoms with van der Waals surface area (Å²) in [4.78, 5) is -0.671. The Labute approximate surface area is 158 Å². The predicted molar refractivity (Wildman–Crippen MR) is 93.9 cm³/mol. The molecule has 1 N–H and O–H groups in total. The van der Waals surface area contributed by atoms with Gasteiger partial charge in [0.15, 0.2) is 5.58 Å². The zero-order chi connectivity index (χ0) is 20.5. The SMILES string of the molecule is CCc1noc2cc(OC)c(NS(=O)(=O)c3ccccc3OC(F)(F)F)cc12. The Morgan fingerprint density at radius 3 is 2.54 bits per heavy atom. The van der Waals surface area contributed by atoms with E-state index in [1.165, 1.54) is 31.4 Å². The van der Waals surface area contributed by atoms with Crippen molar-refractivity contribution in [3.63, 3.8) is 0 Å². The van der Waals surface area contributed by atoms with Crippen LogP contribution in [0.2, 0.25) is 0 Å². The van der Waals surface area contributed by atoms with Gasteiger partial charge >= 0.3 is 6.36 Å². The average Bonchev–Trinajstić information content (AvgIpc) is 3.01. The van der Waals surface area contributed by atoms with Crippen LogP contribution >= 0.6 is 0 Å². The second-order valence-electron chi connectivity index (χ2n) is 5.63. The highest BCUT2D eigenvalue weighted by Gasteiger charge is 2.34. The van der Waals surface area contributed by atoms with Crippen molar-refractivity contribution in [3.8, 4) is 11.5 Å². The number of aromatic nitrogens is 1. The lowest BCUT2D eigenvalue weighted by Gasteiger charge is -2.15. The topological polar surface area (TPSA) is 90.7 Å². The minimum atomic E-state index is -5.04. The van der Waals surface area contributed by atoms with E-state index in [0.717, 1.165) is 12.1 Å². The van der Waals surface area contributed by atoms with Crippen molar-refractivity contribution in [2.45, 2.75) is 24.6 Å². The maximum Gasteiger partial charge on any atom is 0.573 e.